The number of fused-ring (bicyclic) bond motifs is 1. The van der Waals surface area contributed by atoms with Gasteiger partial charge in [0.1, 0.15) is 5.75 Å². The largest absolute Gasteiger partial charge is 0.508 e. The van der Waals surface area contributed by atoms with Gasteiger partial charge >= 0.3 is 5.69 Å². The first-order valence-corrected chi connectivity index (χ1v) is 6.24. The van der Waals surface area contributed by atoms with Crippen LogP contribution in [0.1, 0.15) is 12.5 Å². The molecule has 1 aromatic carbocycles. The number of phenolic OH excluding ortho intramolecular Hbond substituents is 1. The van der Waals surface area contributed by atoms with Crippen LogP contribution < -0.4 is 16.6 Å². The first-order chi connectivity index (χ1) is 9.09. The summed E-state index contributed by atoms with van der Waals surface area (Å²) in [6.07, 6.45) is 0.763. The van der Waals surface area contributed by atoms with E-state index >= 15 is 0 Å². The van der Waals surface area contributed by atoms with Crippen LogP contribution in [-0.4, -0.2) is 27.3 Å². The van der Waals surface area contributed by atoms with Crippen LogP contribution in [-0.2, 0) is 7.05 Å². The lowest BCUT2D eigenvalue weighted by atomic mass is 10.2. The monoisotopic (exact) mass is 261 g/mol. The van der Waals surface area contributed by atoms with Crippen LogP contribution in [0, 0.1) is 0 Å². The zero-order chi connectivity index (χ0) is 13.6. The molecule has 0 bridgehead atoms. The van der Waals surface area contributed by atoms with Gasteiger partial charge in [-0.15, -0.1) is 0 Å². The Bertz CT molecular complexity index is 754. The van der Waals surface area contributed by atoms with Gasteiger partial charge in [-0.1, -0.05) is 0 Å². The Morgan fingerprint density at radius 3 is 2.84 bits per heavy atom. The molecule has 6 nitrogen and oxygen atoms in total. The lowest BCUT2D eigenvalue weighted by molar-refractivity contribution is 0.474. The maximum atomic E-state index is 12.5. The second-order valence-corrected chi connectivity index (χ2v) is 4.86. The summed E-state index contributed by atoms with van der Waals surface area (Å²) in [5.74, 6) is 0.0272. The smallest absolute Gasteiger partial charge is 0.331 e. The minimum absolute atomic E-state index is 0.0272. The minimum atomic E-state index is -0.331. The molecule has 0 aliphatic carbocycles. The van der Waals surface area contributed by atoms with E-state index in [1.54, 1.807) is 13.1 Å². The maximum absolute atomic E-state index is 12.5. The predicted octanol–water partition coefficient (Wildman–Crippen LogP) is -0.0598. The van der Waals surface area contributed by atoms with Gasteiger partial charge in [-0.05, 0) is 31.2 Å². The maximum Gasteiger partial charge on any atom is 0.331 e. The molecule has 1 fully saturated rings. The number of aromatic nitrogens is 2. The SMILES string of the molecule is Cn1c(=O)n(C2CCNC2)c(=O)c2cc(O)ccc21. The molecule has 2 N–H and O–H groups in total. The molecule has 1 aromatic heterocycles. The Morgan fingerprint density at radius 2 is 2.16 bits per heavy atom. The van der Waals surface area contributed by atoms with Crippen molar-refractivity contribution in [3.8, 4) is 5.75 Å². The molecular weight excluding hydrogens is 246 g/mol. The van der Waals surface area contributed by atoms with Crippen molar-refractivity contribution in [2.75, 3.05) is 13.1 Å². The van der Waals surface area contributed by atoms with Gasteiger partial charge in [-0.25, -0.2) is 4.79 Å². The fourth-order valence-corrected chi connectivity index (χ4v) is 2.65. The van der Waals surface area contributed by atoms with E-state index in [9.17, 15) is 14.7 Å². The van der Waals surface area contributed by atoms with Crippen molar-refractivity contribution in [2.45, 2.75) is 12.5 Å². The molecule has 2 aromatic rings. The molecule has 1 atom stereocenters. The number of benzene rings is 1. The summed E-state index contributed by atoms with van der Waals surface area (Å²) in [6.45, 7) is 1.43. The third-order valence-electron chi connectivity index (χ3n) is 3.68. The number of aryl methyl sites for hydroxylation is 1. The van der Waals surface area contributed by atoms with Crippen LogP contribution in [0.4, 0.5) is 0 Å². The zero-order valence-electron chi connectivity index (χ0n) is 10.6. The Balaban J connectivity index is 2.39. The van der Waals surface area contributed by atoms with Crippen molar-refractivity contribution < 1.29 is 5.11 Å². The zero-order valence-corrected chi connectivity index (χ0v) is 10.6. The average molecular weight is 261 g/mol. The highest BCUT2D eigenvalue weighted by Gasteiger charge is 2.22. The first-order valence-electron chi connectivity index (χ1n) is 6.24. The van der Waals surface area contributed by atoms with E-state index in [0.29, 0.717) is 17.4 Å². The molecule has 0 amide bonds. The highest BCUT2D eigenvalue weighted by atomic mass is 16.3. The molecule has 0 saturated carbocycles. The van der Waals surface area contributed by atoms with E-state index in [0.717, 1.165) is 13.0 Å². The van der Waals surface area contributed by atoms with Gasteiger partial charge < -0.3 is 10.4 Å². The van der Waals surface area contributed by atoms with Crippen molar-refractivity contribution in [1.29, 1.82) is 0 Å². The minimum Gasteiger partial charge on any atom is -0.508 e. The Morgan fingerprint density at radius 1 is 1.37 bits per heavy atom. The van der Waals surface area contributed by atoms with Gasteiger partial charge in [0.15, 0.2) is 0 Å². The van der Waals surface area contributed by atoms with Gasteiger partial charge in [-0.2, -0.15) is 0 Å². The average Bonchev–Trinajstić information content (AvgIpc) is 2.90. The van der Waals surface area contributed by atoms with Crippen LogP contribution in [0.3, 0.4) is 0 Å². The predicted molar refractivity (Wildman–Crippen MR) is 71.6 cm³/mol. The molecular formula is C13H15N3O3. The number of nitrogens with one attached hydrogen (secondary N) is 1. The second kappa shape index (κ2) is 4.24. The molecule has 1 saturated heterocycles. The Kier molecular flexibility index (Phi) is 2.67. The fourth-order valence-electron chi connectivity index (χ4n) is 2.65. The number of hydrogen-bond acceptors (Lipinski definition) is 4. The van der Waals surface area contributed by atoms with Crippen molar-refractivity contribution in [1.82, 2.24) is 14.5 Å². The third-order valence-corrected chi connectivity index (χ3v) is 3.68. The molecule has 1 unspecified atom stereocenters. The normalized spacial score (nSPS) is 19.1. The van der Waals surface area contributed by atoms with Crippen LogP contribution >= 0.6 is 0 Å². The summed E-state index contributed by atoms with van der Waals surface area (Å²) in [5.41, 5.74) is -0.102. The molecule has 1 aliphatic heterocycles. The lowest BCUT2D eigenvalue weighted by Gasteiger charge is -2.15. The van der Waals surface area contributed by atoms with E-state index in [4.69, 9.17) is 0 Å². The van der Waals surface area contributed by atoms with Gasteiger partial charge in [0.2, 0.25) is 0 Å². The summed E-state index contributed by atoms with van der Waals surface area (Å²) in [4.78, 5) is 24.8. The van der Waals surface area contributed by atoms with E-state index in [1.807, 2.05) is 0 Å². The van der Waals surface area contributed by atoms with Crippen LogP contribution in [0.25, 0.3) is 10.9 Å². The van der Waals surface area contributed by atoms with E-state index in [-0.39, 0.29) is 23.0 Å². The fraction of sp³-hybridized carbons (Fsp3) is 0.385. The highest BCUT2D eigenvalue weighted by Crippen LogP contribution is 2.17. The summed E-state index contributed by atoms with van der Waals surface area (Å²) in [7, 11) is 1.64. The molecule has 6 heteroatoms. The van der Waals surface area contributed by atoms with E-state index in [2.05, 4.69) is 5.32 Å². The second-order valence-electron chi connectivity index (χ2n) is 4.86. The summed E-state index contributed by atoms with van der Waals surface area (Å²) in [6, 6.07) is 4.36. The summed E-state index contributed by atoms with van der Waals surface area (Å²) in [5, 5.41) is 13.0. The van der Waals surface area contributed by atoms with Gasteiger partial charge in [0, 0.05) is 13.6 Å². The highest BCUT2D eigenvalue weighted by molar-refractivity contribution is 5.79. The van der Waals surface area contributed by atoms with Crippen LogP contribution in [0.15, 0.2) is 27.8 Å². The van der Waals surface area contributed by atoms with Crippen molar-refractivity contribution in [2.24, 2.45) is 7.05 Å². The first kappa shape index (κ1) is 12.0. The van der Waals surface area contributed by atoms with Crippen molar-refractivity contribution in [3.05, 3.63) is 39.0 Å². The summed E-state index contributed by atoms with van der Waals surface area (Å²) >= 11 is 0. The molecule has 2 heterocycles. The number of aromatic hydroxyl groups is 1. The van der Waals surface area contributed by atoms with Crippen LogP contribution in [0.5, 0.6) is 5.75 Å². The number of phenols is 1. The molecule has 0 spiro atoms. The van der Waals surface area contributed by atoms with Crippen molar-refractivity contribution >= 4 is 10.9 Å². The number of rotatable bonds is 1. The van der Waals surface area contributed by atoms with E-state index in [1.165, 1.54) is 21.3 Å². The van der Waals surface area contributed by atoms with Gasteiger partial charge in [-0.3, -0.25) is 13.9 Å². The molecule has 19 heavy (non-hydrogen) atoms. The molecule has 3 rings (SSSR count). The quantitative estimate of drug-likeness (QED) is 0.754. The van der Waals surface area contributed by atoms with E-state index < -0.39 is 0 Å². The standard InChI is InChI=1S/C13H15N3O3/c1-15-11-3-2-9(17)6-10(11)12(18)16(13(15)19)8-4-5-14-7-8/h2-3,6,8,14,17H,4-5,7H2,1H3. The molecule has 100 valence electrons. The van der Waals surface area contributed by atoms with Gasteiger partial charge in [0.25, 0.3) is 5.56 Å². The Hall–Kier alpha value is -2.08. The third kappa shape index (κ3) is 1.76. The van der Waals surface area contributed by atoms with Crippen molar-refractivity contribution in [3.63, 3.8) is 0 Å². The van der Waals surface area contributed by atoms with Crippen LogP contribution in [0.2, 0.25) is 0 Å². The number of nitrogens with zero attached hydrogens (tertiary/aromatic N) is 2. The molecule has 1 aliphatic rings. The Labute approximate surface area is 108 Å². The lowest BCUT2D eigenvalue weighted by Crippen LogP contribution is -2.42. The topological polar surface area (TPSA) is 76.3 Å². The molecule has 0 radical (unpaired) electrons. The summed E-state index contributed by atoms with van der Waals surface area (Å²) < 4.78 is 2.75. The van der Waals surface area contributed by atoms with Gasteiger partial charge in [0.05, 0.1) is 16.9 Å². The number of hydrogen-bond donors (Lipinski definition) is 2.